The van der Waals surface area contributed by atoms with Gasteiger partial charge in [-0.05, 0) is 54.8 Å². The summed E-state index contributed by atoms with van der Waals surface area (Å²) in [4.78, 5) is 2.35. The fourth-order valence-electron chi connectivity index (χ4n) is 3.61. The van der Waals surface area contributed by atoms with Crippen LogP contribution >= 0.6 is 0 Å². The fourth-order valence-corrected chi connectivity index (χ4v) is 3.61. The predicted molar refractivity (Wildman–Crippen MR) is 103 cm³/mol. The molecule has 4 heteroatoms. The van der Waals surface area contributed by atoms with E-state index in [-0.39, 0.29) is 6.61 Å². The first-order valence-corrected chi connectivity index (χ1v) is 9.21. The van der Waals surface area contributed by atoms with Crippen molar-refractivity contribution in [1.29, 1.82) is 0 Å². The van der Waals surface area contributed by atoms with E-state index >= 15 is 0 Å². The first-order chi connectivity index (χ1) is 12.3. The Kier molecular flexibility index (Phi) is 6.18. The number of hydrogen-bond donors (Lipinski definition) is 2. The molecule has 4 nitrogen and oxygen atoms in total. The van der Waals surface area contributed by atoms with Crippen LogP contribution in [0, 0.1) is 0 Å². The van der Waals surface area contributed by atoms with Gasteiger partial charge in [0.15, 0.2) is 0 Å². The van der Waals surface area contributed by atoms with E-state index in [4.69, 9.17) is 10.5 Å². The first kappa shape index (κ1) is 17.6. The highest BCUT2D eigenvalue weighted by Gasteiger charge is 2.21. The molecule has 2 aromatic rings. The van der Waals surface area contributed by atoms with E-state index < -0.39 is 0 Å². The summed E-state index contributed by atoms with van der Waals surface area (Å²) in [5, 5.41) is 9.44. The monoisotopic (exact) mass is 340 g/mol. The van der Waals surface area contributed by atoms with Crippen molar-refractivity contribution in [2.45, 2.75) is 44.8 Å². The van der Waals surface area contributed by atoms with Crippen LogP contribution in [0.5, 0.6) is 5.75 Å². The Bertz CT molecular complexity index is 651. The number of nitrogens with zero attached hydrogens (tertiary/aromatic N) is 1. The van der Waals surface area contributed by atoms with Gasteiger partial charge in [0.1, 0.15) is 12.4 Å². The van der Waals surface area contributed by atoms with Crippen molar-refractivity contribution >= 4 is 11.4 Å². The Morgan fingerprint density at radius 2 is 1.80 bits per heavy atom. The molecule has 0 amide bonds. The second-order valence-electron chi connectivity index (χ2n) is 6.74. The Labute approximate surface area is 150 Å². The van der Waals surface area contributed by atoms with Crippen molar-refractivity contribution in [2.24, 2.45) is 0 Å². The maximum absolute atomic E-state index is 9.44. The molecule has 0 bridgehead atoms. The van der Waals surface area contributed by atoms with Crippen LogP contribution in [0.3, 0.4) is 0 Å². The summed E-state index contributed by atoms with van der Waals surface area (Å²) in [6.45, 7) is 1.38. The summed E-state index contributed by atoms with van der Waals surface area (Å²) < 4.78 is 5.86. The lowest BCUT2D eigenvalue weighted by molar-refractivity contribution is 0.290. The van der Waals surface area contributed by atoms with E-state index in [2.05, 4.69) is 17.0 Å². The van der Waals surface area contributed by atoms with Gasteiger partial charge in [-0.25, -0.2) is 0 Å². The quantitative estimate of drug-likeness (QED) is 0.749. The zero-order valence-electron chi connectivity index (χ0n) is 14.7. The lowest BCUT2D eigenvalue weighted by atomic mass is 9.94. The van der Waals surface area contributed by atoms with Crippen LogP contribution in [0.2, 0.25) is 0 Å². The van der Waals surface area contributed by atoms with Gasteiger partial charge in [0.2, 0.25) is 0 Å². The van der Waals surface area contributed by atoms with E-state index in [0.29, 0.717) is 19.2 Å². The number of aliphatic hydroxyl groups is 1. The van der Waals surface area contributed by atoms with Crippen LogP contribution in [0.25, 0.3) is 0 Å². The highest BCUT2D eigenvalue weighted by atomic mass is 16.5. The maximum Gasteiger partial charge on any atom is 0.119 e. The first-order valence-electron chi connectivity index (χ1n) is 9.21. The molecule has 134 valence electrons. The van der Waals surface area contributed by atoms with Crippen molar-refractivity contribution in [3.8, 4) is 5.75 Å². The van der Waals surface area contributed by atoms with Gasteiger partial charge in [0.05, 0.1) is 6.61 Å². The van der Waals surface area contributed by atoms with Crippen molar-refractivity contribution in [3.63, 3.8) is 0 Å². The second-order valence-corrected chi connectivity index (χ2v) is 6.74. The summed E-state index contributed by atoms with van der Waals surface area (Å²) >= 11 is 0. The number of nitrogen functional groups attached to an aromatic ring is 1. The number of ether oxygens (including phenoxy) is 1. The number of nitrogens with two attached hydrogens (primary N) is 1. The molecule has 0 aromatic heterocycles. The lowest BCUT2D eigenvalue weighted by Crippen LogP contribution is -2.38. The SMILES string of the molecule is Nc1cccc(COc2ccc(N(CCO)C3CCCCC3)cc2)c1. The van der Waals surface area contributed by atoms with Crippen LogP contribution in [0.4, 0.5) is 11.4 Å². The van der Waals surface area contributed by atoms with Gasteiger partial charge in [-0.15, -0.1) is 0 Å². The minimum Gasteiger partial charge on any atom is -0.489 e. The molecular formula is C21H28N2O2. The van der Waals surface area contributed by atoms with E-state index in [9.17, 15) is 5.11 Å². The molecule has 1 saturated carbocycles. The third-order valence-electron chi connectivity index (χ3n) is 4.88. The third-order valence-corrected chi connectivity index (χ3v) is 4.88. The normalized spacial score (nSPS) is 15.1. The van der Waals surface area contributed by atoms with E-state index in [1.54, 1.807) is 0 Å². The van der Waals surface area contributed by atoms with Crippen molar-refractivity contribution in [3.05, 3.63) is 54.1 Å². The van der Waals surface area contributed by atoms with E-state index in [0.717, 1.165) is 22.7 Å². The van der Waals surface area contributed by atoms with Crippen LogP contribution in [0.15, 0.2) is 48.5 Å². The lowest BCUT2D eigenvalue weighted by Gasteiger charge is -2.36. The summed E-state index contributed by atoms with van der Waals surface area (Å²) in [6.07, 6.45) is 6.34. The van der Waals surface area contributed by atoms with Crippen LogP contribution in [0.1, 0.15) is 37.7 Å². The smallest absolute Gasteiger partial charge is 0.119 e. The Morgan fingerprint density at radius 1 is 1.04 bits per heavy atom. The second kappa shape index (κ2) is 8.77. The molecule has 0 unspecified atom stereocenters. The molecule has 2 aromatic carbocycles. The van der Waals surface area contributed by atoms with Crippen LogP contribution in [-0.4, -0.2) is 24.3 Å². The number of anilines is 2. The molecule has 0 radical (unpaired) electrons. The van der Waals surface area contributed by atoms with Gasteiger partial charge in [0.25, 0.3) is 0 Å². The zero-order valence-corrected chi connectivity index (χ0v) is 14.7. The number of benzene rings is 2. The molecule has 0 atom stereocenters. The van der Waals surface area contributed by atoms with Gasteiger partial charge < -0.3 is 20.5 Å². The van der Waals surface area contributed by atoms with E-state index in [1.165, 1.54) is 32.1 Å². The largest absolute Gasteiger partial charge is 0.489 e. The number of aliphatic hydroxyl groups excluding tert-OH is 1. The maximum atomic E-state index is 9.44. The number of rotatable bonds is 7. The highest BCUT2D eigenvalue weighted by Crippen LogP contribution is 2.28. The minimum absolute atomic E-state index is 0.185. The molecule has 0 aliphatic heterocycles. The van der Waals surface area contributed by atoms with E-state index in [1.807, 2.05) is 36.4 Å². The zero-order chi connectivity index (χ0) is 17.5. The van der Waals surface area contributed by atoms with Gasteiger partial charge in [0, 0.05) is 24.0 Å². The standard InChI is InChI=1S/C21H28N2O2/c22-18-6-4-5-17(15-18)16-25-21-11-9-20(10-12-21)23(13-14-24)19-7-2-1-3-8-19/h4-6,9-12,15,19,24H,1-3,7-8,13-14,16,22H2. The predicted octanol–water partition coefficient (Wildman–Crippen LogP) is 3.98. The summed E-state index contributed by atoms with van der Waals surface area (Å²) in [5.74, 6) is 0.846. The molecule has 0 spiro atoms. The van der Waals surface area contributed by atoms with Crippen molar-refractivity contribution < 1.29 is 9.84 Å². The average molecular weight is 340 g/mol. The van der Waals surface area contributed by atoms with Gasteiger partial charge in [-0.3, -0.25) is 0 Å². The molecule has 3 rings (SSSR count). The summed E-state index contributed by atoms with van der Waals surface area (Å²) in [7, 11) is 0. The van der Waals surface area contributed by atoms with Crippen LogP contribution in [-0.2, 0) is 6.61 Å². The Balaban J connectivity index is 1.63. The third kappa shape index (κ3) is 4.89. The minimum atomic E-state index is 0.185. The number of hydrogen-bond acceptors (Lipinski definition) is 4. The molecule has 25 heavy (non-hydrogen) atoms. The molecular weight excluding hydrogens is 312 g/mol. The average Bonchev–Trinajstić information content (AvgIpc) is 2.66. The van der Waals surface area contributed by atoms with Crippen molar-refractivity contribution in [1.82, 2.24) is 0 Å². The summed E-state index contributed by atoms with van der Waals surface area (Å²) in [5.41, 5.74) is 8.78. The molecule has 1 fully saturated rings. The summed E-state index contributed by atoms with van der Waals surface area (Å²) in [6, 6.07) is 16.5. The molecule has 1 aliphatic carbocycles. The molecule has 3 N–H and O–H groups in total. The van der Waals surface area contributed by atoms with Crippen molar-refractivity contribution in [2.75, 3.05) is 23.8 Å². The van der Waals surface area contributed by atoms with Gasteiger partial charge in [-0.1, -0.05) is 31.4 Å². The molecule has 0 saturated heterocycles. The Morgan fingerprint density at radius 3 is 2.48 bits per heavy atom. The Hall–Kier alpha value is -2.20. The fraction of sp³-hybridized carbons (Fsp3) is 0.429. The van der Waals surface area contributed by atoms with Gasteiger partial charge >= 0.3 is 0 Å². The molecule has 1 aliphatic rings. The van der Waals surface area contributed by atoms with Crippen LogP contribution < -0.4 is 15.4 Å². The topological polar surface area (TPSA) is 58.7 Å². The molecule has 0 heterocycles. The van der Waals surface area contributed by atoms with Gasteiger partial charge in [-0.2, -0.15) is 0 Å². The highest BCUT2D eigenvalue weighted by molar-refractivity contribution is 5.50.